The number of hydrogen-bond acceptors (Lipinski definition) is 8. The number of rotatable bonds is 9. The molecular weight excluding hydrogens is 632 g/mol. The summed E-state index contributed by atoms with van der Waals surface area (Å²) in [5, 5.41) is 13.6. The van der Waals surface area contributed by atoms with Gasteiger partial charge in [-0.3, -0.25) is 23.6 Å². The fourth-order valence-corrected chi connectivity index (χ4v) is 6.45. The number of imide groups is 1. The lowest BCUT2D eigenvalue weighted by Crippen LogP contribution is -2.54. The molecule has 0 saturated carbocycles. The summed E-state index contributed by atoms with van der Waals surface area (Å²) in [6, 6.07) is 11.8. The minimum atomic E-state index is -3.05. The lowest BCUT2D eigenvalue weighted by atomic mass is 9.84. The molecule has 2 N–H and O–H groups in total. The van der Waals surface area contributed by atoms with E-state index < -0.39 is 35.2 Å². The van der Waals surface area contributed by atoms with Crippen molar-refractivity contribution in [3.63, 3.8) is 0 Å². The van der Waals surface area contributed by atoms with Gasteiger partial charge in [0.25, 0.3) is 17.7 Å². The van der Waals surface area contributed by atoms with Gasteiger partial charge in [0.15, 0.2) is 5.82 Å². The molecule has 11 nitrogen and oxygen atoms in total. The summed E-state index contributed by atoms with van der Waals surface area (Å²) in [5.74, 6) is -5.77. The smallest absolute Gasteiger partial charge is 0.328 e. The molecule has 0 spiro atoms. The number of imidazole rings is 1. The van der Waals surface area contributed by atoms with E-state index in [1.54, 1.807) is 72.8 Å². The molecule has 6 rings (SSSR count). The van der Waals surface area contributed by atoms with Crippen molar-refractivity contribution in [2.24, 2.45) is 18.9 Å². The van der Waals surface area contributed by atoms with E-state index in [2.05, 4.69) is 15.3 Å². The van der Waals surface area contributed by atoms with Crippen LogP contribution in [-0.2, 0) is 13.6 Å². The standard InChI is InChI=1S/C33H36ClF2N7O4/c1-19-17-41(18-20(33(19,35)36)11-13-43-28(44)22-7-5-6-8-23(22)29(43)45)30-37-16-24(34)27(39-30)38-21-9-10-25-26(15-21)42(31(46)40(25)4)14-12-32(2,3)47/h5-10,15-16,19-20,47H,11-14,17-18H2,1-4H3,(H,37,38,39)/t19-,20+/m1/s1. The van der Waals surface area contributed by atoms with Crippen molar-refractivity contribution in [3.05, 3.63) is 75.3 Å². The van der Waals surface area contributed by atoms with Gasteiger partial charge >= 0.3 is 5.69 Å². The number of aryl methyl sites for hydroxylation is 2. The maximum absolute atomic E-state index is 15.5. The second-order valence-electron chi connectivity index (χ2n) is 13.0. The third-order valence-electron chi connectivity index (χ3n) is 9.09. The molecule has 0 unspecified atom stereocenters. The first kappa shape index (κ1) is 32.6. The summed E-state index contributed by atoms with van der Waals surface area (Å²) in [4.78, 5) is 50.2. The maximum Gasteiger partial charge on any atom is 0.328 e. The van der Waals surface area contributed by atoms with Crippen LogP contribution in [0.2, 0.25) is 5.02 Å². The van der Waals surface area contributed by atoms with E-state index in [9.17, 15) is 19.5 Å². The molecule has 2 aliphatic heterocycles. The predicted molar refractivity (Wildman–Crippen MR) is 175 cm³/mol. The summed E-state index contributed by atoms with van der Waals surface area (Å²) in [5.41, 5.74) is 1.35. The summed E-state index contributed by atoms with van der Waals surface area (Å²) < 4.78 is 34.1. The zero-order chi connectivity index (χ0) is 33.8. The van der Waals surface area contributed by atoms with Crippen LogP contribution >= 0.6 is 11.6 Å². The average molecular weight is 668 g/mol. The summed E-state index contributed by atoms with van der Waals surface area (Å²) in [7, 11) is 1.68. The van der Waals surface area contributed by atoms with Gasteiger partial charge in [0.2, 0.25) is 5.95 Å². The molecule has 47 heavy (non-hydrogen) atoms. The Hall–Kier alpha value is -4.36. The Balaban J connectivity index is 1.21. The number of hydrogen-bond donors (Lipinski definition) is 2. The second-order valence-corrected chi connectivity index (χ2v) is 13.4. The van der Waals surface area contributed by atoms with E-state index in [1.807, 2.05) is 0 Å². The minimum absolute atomic E-state index is 0.0129. The molecule has 2 amide bonds. The first-order valence-corrected chi connectivity index (χ1v) is 15.8. The topological polar surface area (TPSA) is 126 Å². The Kier molecular flexibility index (Phi) is 8.33. The number of aromatic nitrogens is 4. The lowest BCUT2D eigenvalue weighted by Gasteiger charge is -2.42. The highest BCUT2D eigenvalue weighted by Crippen LogP contribution is 2.41. The number of amides is 2. The van der Waals surface area contributed by atoms with E-state index in [4.69, 9.17) is 11.6 Å². The Bertz CT molecular complexity index is 1900. The molecular formula is C33H36ClF2N7O4. The van der Waals surface area contributed by atoms with Crippen LogP contribution in [0.4, 0.5) is 26.2 Å². The number of carbonyl (C=O) groups is 2. The number of benzene rings is 2. The molecule has 0 radical (unpaired) electrons. The van der Waals surface area contributed by atoms with Crippen LogP contribution in [0.15, 0.2) is 53.5 Å². The molecule has 1 saturated heterocycles. The van der Waals surface area contributed by atoms with Crippen LogP contribution < -0.4 is 15.9 Å². The number of piperidine rings is 1. The summed E-state index contributed by atoms with van der Waals surface area (Å²) in [6.45, 7) is 4.91. The molecule has 2 aromatic heterocycles. The van der Waals surface area contributed by atoms with Gasteiger partial charge in [0, 0.05) is 50.7 Å². The molecule has 2 atom stereocenters. The van der Waals surface area contributed by atoms with Crippen molar-refractivity contribution in [2.75, 3.05) is 29.9 Å². The number of carbonyl (C=O) groups excluding carboxylic acids is 2. The number of aliphatic hydroxyl groups is 1. The third kappa shape index (κ3) is 6.09. The summed E-state index contributed by atoms with van der Waals surface area (Å²) >= 11 is 6.47. The van der Waals surface area contributed by atoms with Gasteiger partial charge < -0.3 is 15.3 Å². The van der Waals surface area contributed by atoms with Crippen molar-refractivity contribution >= 4 is 51.9 Å². The van der Waals surface area contributed by atoms with E-state index >= 15 is 8.78 Å². The summed E-state index contributed by atoms with van der Waals surface area (Å²) in [6.07, 6.45) is 1.68. The highest BCUT2D eigenvalue weighted by Gasteiger charge is 2.50. The van der Waals surface area contributed by atoms with E-state index in [1.165, 1.54) is 17.7 Å². The Morgan fingerprint density at radius 1 is 1.04 bits per heavy atom. The molecule has 1 fully saturated rings. The number of nitrogens with zero attached hydrogens (tertiary/aromatic N) is 6. The van der Waals surface area contributed by atoms with Gasteiger partial charge in [-0.15, -0.1) is 0 Å². The molecule has 4 aromatic rings. The monoisotopic (exact) mass is 667 g/mol. The van der Waals surface area contributed by atoms with Gasteiger partial charge in [-0.1, -0.05) is 30.7 Å². The van der Waals surface area contributed by atoms with Crippen LogP contribution in [0, 0.1) is 11.8 Å². The number of halogens is 3. The molecule has 2 aliphatic rings. The van der Waals surface area contributed by atoms with Crippen LogP contribution in [0.5, 0.6) is 0 Å². The number of anilines is 3. The number of nitrogens with one attached hydrogen (secondary N) is 1. The highest BCUT2D eigenvalue weighted by molar-refractivity contribution is 6.33. The molecule has 4 heterocycles. The number of alkyl halides is 2. The maximum atomic E-state index is 15.5. The average Bonchev–Trinajstić information content (AvgIpc) is 3.40. The largest absolute Gasteiger partial charge is 0.390 e. The molecule has 0 aliphatic carbocycles. The number of fused-ring (bicyclic) bond motifs is 2. The fraction of sp³-hybridized carbons (Fsp3) is 0.424. The Morgan fingerprint density at radius 2 is 1.72 bits per heavy atom. The van der Waals surface area contributed by atoms with E-state index in [0.717, 1.165) is 4.90 Å². The second kappa shape index (κ2) is 12.0. The highest BCUT2D eigenvalue weighted by atomic mass is 35.5. The lowest BCUT2D eigenvalue weighted by molar-refractivity contribution is -0.114. The van der Waals surface area contributed by atoms with Gasteiger partial charge in [-0.05, 0) is 57.0 Å². The van der Waals surface area contributed by atoms with Gasteiger partial charge in [0.05, 0.1) is 34.0 Å². The van der Waals surface area contributed by atoms with E-state index in [0.29, 0.717) is 29.7 Å². The van der Waals surface area contributed by atoms with Gasteiger partial charge in [-0.2, -0.15) is 4.98 Å². The molecule has 2 aromatic carbocycles. The SMILES string of the molecule is C[C@@H]1CN(c2ncc(Cl)c(Nc3ccc4c(c3)n(CCC(C)(C)O)c(=O)n4C)n2)C[C@H](CCN2C(=O)c3ccccc3C2=O)C1(F)F. The zero-order valence-corrected chi connectivity index (χ0v) is 27.3. The van der Waals surface area contributed by atoms with Crippen LogP contribution in [0.1, 0.15) is 54.3 Å². The zero-order valence-electron chi connectivity index (χ0n) is 26.5. The molecule has 0 bridgehead atoms. The quantitative estimate of drug-likeness (QED) is 0.237. The third-order valence-corrected chi connectivity index (χ3v) is 9.36. The first-order valence-electron chi connectivity index (χ1n) is 15.4. The minimum Gasteiger partial charge on any atom is -0.390 e. The van der Waals surface area contributed by atoms with Crippen molar-refractivity contribution in [2.45, 2.75) is 51.7 Å². The van der Waals surface area contributed by atoms with Crippen LogP contribution in [0.25, 0.3) is 11.0 Å². The van der Waals surface area contributed by atoms with Crippen molar-refractivity contribution < 1.29 is 23.5 Å². The normalized spacial score (nSPS) is 19.5. The molecule has 14 heteroatoms. The Labute approximate surface area is 274 Å². The molecule has 248 valence electrons. The fourth-order valence-electron chi connectivity index (χ4n) is 6.32. The van der Waals surface area contributed by atoms with Crippen LogP contribution in [0.3, 0.4) is 0 Å². The van der Waals surface area contributed by atoms with Crippen molar-refractivity contribution in [3.8, 4) is 0 Å². The Morgan fingerprint density at radius 3 is 2.38 bits per heavy atom. The van der Waals surface area contributed by atoms with Crippen LogP contribution in [-0.4, -0.2) is 72.1 Å². The predicted octanol–water partition coefficient (Wildman–Crippen LogP) is 5.08. The van der Waals surface area contributed by atoms with Crippen molar-refractivity contribution in [1.29, 1.82) is 0 Å². The van der Waals surface area contributed by atoms with Gasteiger partial charge in [-0.25, -0.2) is 18.6 Å². The van der Waals surface area contributed by atoms with Crippen molar-refractivity contribution in [1.82, 2.24) is 24.0 Å². The van der Waals surface area contributed by atoms with E-state index in [-0.39, 0.29) is 59.7 Å². The first-order chi connectivity index (χ1) is 22.2. The van der Waals surface area contributed by atoms with Gasteiger partial charge in [0.1, 0.15) is 5.02 Å².